The van der Waals surface area contributed by atoms with Gasteiger partial charge in [0.05, 0.1) is 12.7 Å². The van der Waals surface area contributed by atoms with Crippen LogP contribution in [0.5, 0.6) is 5.75 Å². The lowest BCUT2D eigenvalue weighted by atomic mass is 9.86. The molecule has 1 fully saturated rings. The van der Waals surface area contributed by atoms with Gasteiger partial charge < -0.3 is 14.4 Å². The van der Waals surface area contributed by atoms with Crippen molar-refractivity contribution < 1.29 is 9.84 Å². The molecule has 3 aromatic rings. The molecule has 1 aliphatic carbocycles. The van der Waals surface area contributed by atoms with E-state index in [1.165, 1.54) is 0 Å². The van der Waals surface area contributed by atoms with Crippen molar-refractivity contribution in [2.24, 2.45) is 5.92 Å². The average Bonchev–Trinajstić information content (AvgIpc) is 3.24. The molecule has 2 atom stereocenters. The largest absolute Gasteiger partial charge is 0.497 e. The van der Waals surface area contributed by atoms with E-state index in [4.69, 9.17) is 4.74 Å². The lowest BCUT2D eigenvalue weighted by Crippen LogP contribution is -2.21. The second-order valence-electron chi connectivity index (χ2n) is 7.05. The first-order valence-corrected chi connectivity index (χ1v) is 9.39. The third kappa shape index (κ3) is 3.71. The van der Waals surface area contributed by atoms with E-state index >= 15 is 0 Å². The van der Waals surface area contributed by atoms with Crippen molar-refractivity contribution in [3.8, 4) is 28.5 Å². The van der Waals surface area contributed by atoms with Crippen molar-refractivity contribution in [3.63, 3.8) is 0 Å². The van der Waals surface area contributed by atoms with Crippen molar-refractivity contribution in [3.05, 3.63) is 49.1 Å². The predicted octanol–water partition coefficient (Wildman–Crippen LogP) is 3.74. The molecule has 1 aliphatic rings. The number of methoxy groups -OCH3 is 1. The van der Waals surface area contributed by atoms with Crippen molar-refractivity contribution in [1.82, 2.24) is 19.5 Å². The number of nitrogens with zero attached hydrogens (tertiary/aromatic N) is 4. The smallest absolute Gasteiger partial charge is 0.159 e. The Morgan fingerprint density at radius 1 is 1.07 bits per heavy atom. The minimum atomic E-state index is 0.264. The van der Waals surface area contributed by atoms with Crippen LogP contribution in [0.3, 0.4) is 0 Å². The van der Waals surface area contributed by atoms with Gasteiger partial charge in [0.1, 0.15) is 11.6 Å². The highest BCUT2D eigenvalue weighted by Gasteiger charge is 2.24. The Bertz CT molecular complexity index is 874. The van der Waals surface area contributed by atoms with Crippen LogP contribution in [0.2, 0.25) is 0 Å². The maximum absolute atomic E-state index is 9.51. The van der Waals surface area contributed by atoms with E-state index in [-0.39, 0.29) is 6.61 Å². The molecular formula is C21H24N4O2. The summed E-state index contributed by atoms with van der Waals surface area (Å²) in [4.78, 5) is 13.6. The highest BCUT2D eigenvalue weighted by molar-refractivity contribution is 5.59. The van der Waals surface area contributed by atoms with Gasteiger partial charge in [-0.25, -0.2) is 15.0 Å². The van der Waals surface area contributed by atoms with Crippen LogP contribution in [0.1, 0.15) is 31.7 Å². The van der Waals surface area contributed by atoms with Crippen molar-refractivity contribution in [2.75, 3.05) is 13.7 Å². The van der Waals surface area contributed by atoms with Gasteiger partial charge in [-0.2, -0.15) is 0 Å². The summed E-state index contributed by atoms with van der Waals surface area (Å²) >= 11 is 0. The van der Waals surface area contributed by atoms with Gasteiger partial charge in [0.25, 0.3) is 0 Å². The summed E-state index contributed by atoms with van der Waals surface area (Å²) in [6, 6.07) is 8.08. The molecule has 27 heavy (non-hydrogen) atoms. The summed E-state index contributed by atoms with van der Waals surface area (Å²) in [5.74, 6) is 2.76. The van der Waals surface area contributed by atoms with Crippen LogP contribution in [-0.4, -0.2) is 38.3 Å². The number of ether oxygens (including phenoxy) is 1. The highest BCUT2D eigenvalue weighted by atomic mass is 16.5. The number of hydrogen-bond acceptors (Lipinski definition) is 5. The van der Waals surface area contributed by atoms with Crippen LogP contribution in [-0.2, 0) is 0 Å². The molecule has 0 saturated heterocycles. The molecule has 0 amide bonds. The molecule has 2 aromatic heterocycles. The summed E-state index contributed by atoms with van der Waals surface area (Å²) in [5, 5.41) is 9.51. The molecule has 0 bridgehead atoms. The molecule has 6 heteroatoms. The summed E-state index contributed by atoms with van der Waals surface area (Å²) in [6.07, 6.45) is 11.9. The van der Waals surface area contributed by atoms with E-state index in [1.807, 2.05) is 49.1 Å². The lowest BCUT2D eigenvalue weighted by molar-refractivity contribution is 0.163. The van der Waals surface area contributed by atoms with Crippen LogP contribution in [0.25, 0.3) is 22.8 Å². The summed E-state index contributed by atoms with van der Waals surface area (Å²) in [7, 11) is 1.65. The highest BCUT2D eigenvalue weighted by Crippen LogP contribution is 2.34. The van der Waals surface area contributed by atoms with Crippen LogP contribution in [0.15, 0.2) is 49.1 Å². The molecule has 2 heterocycles. The summed E-state index contributed by atoms with van der Waals surface area (Å²) in [5.41, 5.74) is 1.85. The van der Waals surface area contributed by atoms with Crippen molar-refractivity contribution in [1.29, 1.82) is 0 Å². The van der Waals surface area contributed by atoms with Gasteiger partial charge in [-0.1, -0.05) is 6.42 Å². The number of rotatable bonds is 5. The Balaban J connectivity index is 1.57. The topological polar surface area (TPSA) is 73.1 Å². The van der Waals surface area contributed by atoms with Crippen LogP contribution in [0, 0.1) is 5.92 Å². The third-order valence-corrected chi connectivity index (χ3v) is 5.33. The Hall–Kier alpha value is -2.73. The molecule has 0 spiro atoms. The minimum absolute atomic E-state index is 0.264. The van der Waals surface area contributed by atoms with Crippen molar-refractivity contribution >= 4 is 0 Å². The maximum Gasteiger partial charge on any atom is 0.159 e. The van der Waals surface area contributed by atoms with Gasteiger partial charge in [0.2, 0.25) is 0 Å². The number of aliphatic hydroxyl groups excluding tert-OH is 1. The number of benzene rings is 1. The molecule has 4 rings (SSSR count). The van der Waals surface area contributed by atoms with E-state index in [1.54, 1.807) is 7.11 Å². The normalized spacial score (nSPS) is 19.8. The first-order valence-electron chi connectivity index (χ1n) is 9.39. The van der Waals surface area contributed by atoms with Gasteiger partial charge in [0.15, 0.2) is 5.82 Å². The van der Waals surface area contributed by atoms with E-state index < -0.39 is 0 Å². The van der Waals surface area contributed by atoms with Gasteiger partial charge in [0, 0.05) is 43.0 Å². The molecule has 0 radical (unpaired) electrons. The van der Waals surface area contributed by atoms with Crippen LogP contribution >= 0.6 is 0 Å². The Kier molecular flexibility index (Phi) is 5.16. The van der Waals surface area contributed by atoms with E-state index in [9.17, 15) is 5.11 Å². The second-order valence-corrected chi connectivity index (χ2v) is 7.05. The Labute approximate surface area is 158 Å². The first kappa shape index (κ1) is 17.7. The van der Waals surface area contributed by atoms with Gasteiger partial charge >= 0.3 is 0 Å². The first-order chi connectivity index (χ1) is 13.3. The fourth-order valence-electron chi connectivity index (χ4n) is 3.85. The van der Waals surface area contributed by atoms with E-state index in [0.717, 1.165) is 48.4 Å². The number of aliphatic hydroxyl groups is 1. The van der Waals surface area contributed by atoms with E-state index in [2.05, 4.69) is 19.5 Å². The Morgan fingerprint density at radius 3 is 2.56 bits per heavy atom. The van der Waals surface area contributed by atoms with Crippen LogP contribution in [0.4, 0.5) is 0 Å². The standard InChI is InChI=1S/C21H24N4O2/c1-27-19-7-5-16(6-8-19)20-23-12-17(13-24-20)21-22-9-10-25(21)18-4-2-3-15(11-18)14-26/h5-10,12-13,15,18,26H,2-4,11,14H2,1H3/t15-,18+/m0/s1. The van der Waals surface area contributed by atoms with Gasteiger partial charge in [-0.05, 0) is 49.4 Å². The summed E-state index contributed by atoms with van der Waals surface area (Å²) in [6.45, 7) is 0.264. The van der Waals surface area contributed by atoms with E-state index in [0.29, 0.717) is 17.8 Å². The zero-order chi connectivity index (χ0) is 18.6. The quantitative estimate of drug-likeness (QED) is 0.747. The number of aromatic nitrogens is 4. The minimum Gasteiger partial charge on any atom is -0.497 e. The second kappa shape index (κ2) is 7.88. The fraction of sp³-hybridized carbons (Fsp3) is 0.381. The van der Waals surface area contributed by atoms with Gasteiger partial charge in [-0.3, -0.25) is 0 Å². The number of hydrogen-bond donors (Lipinski definition) is 1. The predicted molar refractivity (Wildman–Crippen MR) is 103 cm³/mol. The summed E-state index contributed by atoms with van der Waals surface area (Å²) < 4.78 is 7.41. The SMILES string of the molecule is COc1ccc(-c2ncc(-c3nccn3[C@@H]3CCC[C@H](CO)C3)cn2)cc1. The molecule has 0 unspecified atom stereocenters. The molecule has 1 saturated carbocycles. The Morgan fingerprint density at radius 2 is 1.85 bits per heavy atom. The number of imidazole rings is 1. The third-order valence-electron chi connectivity index (χ3n) is 5.33. The average molecular weight is 364 g/mol. The van der Waals surface area contributed by atoms with Crippen LogP contribution < -0.4 is 4.74 Å². The molecule has 1 aromatic carbocycles. The molecule has 0 aliphatic heterocycles. The zero-order valence-electron chi connectivity index (χ0n) is 15.5. The maximum atomic E-state index is 9.51. The van der Waals surface area contributed by atoms with Crippen molar-refractivity contribution in [2.45, 2.75) is 31.7 Å². The molecular weight excluding hydrogens is 340 g/mol. The zero-order valence-corrected chi connectivity index (χ0v) is 15.5. The lowest BCUT2D eigenvalue weighted by Gasteiger charge is -2.29. The van der Waals surface area contributed by atoms with Gasteiger partial charge in [-0.15, -0.1) is 0 Å². The fourth-order valence-corrected chi connectivity index (χ4v) is 3.85. The monoisotopic (exact) mass is 364 g/mol. The molecule has 6 nitrogen and oxygen atoms in total. The molecule has 140 valence electrons. The molecule has 1 N–H and O–H groups in total.